The number of aliphatic carboxylic acids is 2. The Morgan fingerprint density at radius 2 is 1.46 bits per heavy atom. The summed E-state index contributed by atoms with van der Waals surface area (Å²) in [5, 5.41) is 27.8. The minimum absolute atomic E-state index is 0.0836. The van der Waals surface area contributed by atoms with Crippen molar-refractivity contribution in [2.75, 3.05) is 13.2 Å². The summed E-state index contributed by atoms with van der Waals surface area (Å²) < 4.78 is 43.8. The zero-order chi connectivity index (χ0) is 25.8. The van der Waals surface area contributed by atoms with Crippen molar-refractivity contribution in [3.05, 3.63) is 90.0 Å². The van der Waals surface area contributed by atoms with Gasteiger partial charge in [-0.25, -0.2) is 9.59 Å². The van der Waals surface area contributed by atoms with Crippen molar-refractivity contribution >= 4 is 11.9 Å². The molecule has 0 aliphatic heterocycles. The highest BCUT2D eigenvalue weighted by Crippen LogP contribution is 2.29. The average Bonchev–Trinajstić information content (AvgIpc) is 2.83. The molecular formula is C25H24F3NO6. The van der Waals surface area contributed by atoms with Gasteiger partial charge in [0.2, 0.25) is 0 Å². The normalized spacial score (nSPS) is 11.7. The lowest BCUT2D eigenvalue weighted by Crippen LogP contribution is -2.31. The third-order valence-corrected chi connectivity index (χ3v) is 4.55. The number of aliphatic hydroxyl groups is 1. The SMILES string of the molecule is O=C(O)C(=O)O.OC(CNCc1cccc(C(F)(F)F)c1)COc1ccc(-c2ccccc2)cc1. The summed E-state index contributed by atoms with van der Waals surface area (Å²) in [5.41, 5.74) is 2.00. The number of hydrogen-bond acceptors (Lipinski definition) is 5. The fourth-order valence-corrected chi connectivity index (χ4v) is 2.87. The molecule has 0 spiro atoms. The minimum Gasteiger partial charge on any atom is -0.491 e. The number of alkyl halides is 3. The second kappa shape index (κ2) is 13.1. The second-order valence-electron chi connectivity index (χ2n) is 7.29. The molecule has 0 saturated heterocycles. The summed E-state index contributed by atoms with van der Waals surface area (Å²) in [7, 11) is 0. The van der Waals surface area contributed by atoms with Crippen LogP contribution in [-0.2, 0) is 22.3 Å². The van der Waals surface area contributed by atoms with Crippen LogP contribution in [0.2, 0.25) is 0 Å². The average molecular weight is 491 g/mol. The molecule has 7 nitrogen and oxygen atoms in total. The molecule has 0 aromatic heterocycles. The number of hydrogen-bond donors (Lipinski definition) is 4. The van der Waals surface area contributed by atoms with Crippen LogP contribution >= 0.6 is 0 Å². The smallest absolute Gasteiger partial charge is 0.416 e. The Kier molecular flexibility index (Phi) is 10.2. The highest BCUT2D eigenvalue weighted by molar-refractivity contribution is 6.27. The van der Waals surface area contributed by atoms with Gasteiger partial charge < -0.3 is 25.4 Å². The van der Waals surface area contributed by atoms with E-state index in [0.717, 1.165) is 23.3 Å². The molecule has 3 aromatic carbocycles. The van der Waals surface area contributed by atoms with Crippen LogP contribution in [0.4, 0.5) is 13.2 Å². The van der Waals surface area contributed by atoms with Gasteiger partial charge in [-0.2, -0.15) is 13.2 Å². The lowest BCUT2D eigenvalue weighted by atomic mass is 10.1. The maximum atomic E-state index is 12.7. The van der Waals surface area contributed by atoms with Crippen molar-refractivity contribution in [1.29, 1.82) is 0 Å². The van der Waals surface area contributed by atoms with Crippen LogP contribution in [0.15, 0.2) is 78.9 Å². The van der Waals surface area contributed by atoms with Crippen LogP contribution in [0.3, 0.4) is 0 Å². The highest BCUT2D eigenvalue weighted by Gasteiger charge is 2.30. The van der Waals surface area contributed by atoms with Crippen LogP contribution in [0, 0.1) is 0 Å². The molecule has 35 heavy (non-hydrogen) atoms. The van der Waals surface area contributed by atoms with E-state index >= 15 is 0 Å². The van der Waals surface area contributed by atoms with E-state index in [1.807, 2.05) is 54.6 Å². The minimum atomic E-state index is -4.36. The third-order valence-electron chi connectivity index (χ3n) is 4.55. The number of nitrogens with one attached hydrogen (secondary N) is 1. The van der Waals surface area contributed by atoms with Gasteiger partial charge >= 0.3 is 18.1 Å². The predicted molar refractivity (Wildman–Crippen MR) is 122 cm³/mol. The molecule has 1 unspecified atom stereocenters. The molecular weight excluding hydrogens is 467 g/mol. The molecule has 0 amide bonds. The van der Waals surface area contributed by atoms with E-state index in [-0.39, 0.29) is 19.7 Å². The highest BCUT2D eigenvalue weighted by atomic mass is 19.4. The largest absolute Gasteiger partial charge is 0.491 e. The molecule has 1 atom stereocenters. The zero-order valence-electron chi connectivity index (χ0n) is 18.4. The van der Waals surface area contributed by atoms with Gasteiger partial charge in [0.1, 0.15) is 18.5 Å². The van der Waals surface area contributed by atoms with Gasteiger partial charge in [0.15, 0.2) is 0 Å². The zero-order valence-corrected chi connectivity index (χ0v) is 18.4. The predicted octanol–water partition coefficient (Wildman–Crippen LogP) is 4.06. The Hall–Kier alpha value is -3.89. The van der Waals surface area contributed by atoms with Crippen molar-refractivity contribution < 1.29 is 42.8 Å². The van der Waals surface area contributed by atoms with Crippen molar-refractivity contribution in [2.24, 2.45) is 0 Å². The first-order chi connectivity index (χ1) is 16.6. The number of aliphatic hydroxyl groups excluding tert-OH is 1. The Labute approximate surface area is 199 Å². The van der Waals surface area contributed by atoms with E-state index in [4.69, 9.17) is 24.5 Å². The lowest BCUT2D eigenvalue weighted by molar-refractivity contribution is -0.159. The van der Waals surface area contributed by atoms with E-state index in [1.165, 1.54) is 6.07 Å². The number of ether oxygens (including phenoxy) is 1. The Bertz CT molecular complexity index is 1080. The first kappa shape index (κ1) is 27.4. The van der Waals surface area contributed by atoms with Gasteiger partial charge in [-0.15, -0.1) is 0 Å². The number of halogens is 3. The van der Waals surface area contributed by atoms with E-state index in [0.29, 0.717) is 11.3 Å². The molecule has 3 rings (SSSR count). The maximum Gasteiger partial charge on any atom is 0.416 e. The number of carboxylic acid groups (broad SMARTS) is 2. The topological polar surface area (TPSA) is 116 Å². The molecule has 10 heteroatoms. The molecule has 0 fully saturated rings. The fourth-order valence-electron chi connectivity index (χ4n) is 2.87. The van der Waals surface area contributed by atoms with Gasteiger partial charge in [0.05, 0.1) is 5.56 Å². The van der Waals surface area contributed by atoms with Crippen molar-refractivity contribution in [3.8, 4) is 16.9 Å². The quantitative estimate of drug-likeness (QED) is 0.351. The Morgan fingerprint density at radius 3 is 2.03 bits per heavy atom. The lowest BCUT2D eigenvalue weighted by Gasteiger charge is -2.14. The van der Waals surface area contributed by atoms with Crippen LogP contribution in [0.1, 0.15) is 11.1 Å². The Morgan fingerprint density at radius 1 is 0.857 bits per heavy atom. The summed E-state index contributed by atoms with van der Waals surface area (Å²) in [6.45, 7) is 0.519. The molecule has 0 aliphatic rings. The first-order valence-corrected chi connectivity index (χ1v) is 10.4. The first-order valence-electron chi connectivity index (χ1n) is 10.4. The molecule has 3 aromatic rings. The summed E-state index contributed by atoms with van der Waals surface area (Å²) >= 11 is 0. The summed E-state index contributed by atoms with van der Waals surface area (Å²) in [4.78, 5) is 18.2. The molecule has 0 aliphatic carbocycles. The van der Waals surface area contributed by atoms with E-state index in [2.05, 4.69) is 5.32 Å². The van der Waals surface area contributed by atoms with Crippen molar-refractivity contribution in [1.82, 2.24) is 5.32 Å². The van der Waals surface area contributed by atoms with Crippen LogP contribution in [0.5, 0.6) is 5.75 Å². The molecule has 4 N–H and O–H groups in total. The number of benzene rings is 3. The van der Waals surface area contributed by atoms with Crippen LogP contribution in [0.25, 0.3) is 11.1 Å². The number of rotatable bonds is 8. The van der Waals surface area contributed by atoms with Gasteiger partial charge in [-0.1, -0.05) is 60.7 Å². The molecule has 0 radical (unpaired) electrons. The van der Waals surface area contributed by atoms with Crippen molar-refractivity contribution in [3.63, 3.8) is 0 Å². The summed E-state index contributed by atoms with van der Waals surface area (Å²) in [6.07, 6.45) is -5.14. The number of carboxylic acids is 2. The number of carbonyl (C=O) groups is 2. The molecule has 186 valence electrons. The van der Waals surface area contributed by atoms with Crippen molar-refractivity contribution in [2.45, 2.75) is 18.8 Å². The van der Waals surface area contributed by atoms with E-state index < -0.39 is 29.8 Å². The van der Waals surface area contributed by atoms with Gasteiger partial charge in [-0.3, -0.25) is 0 Å². The molecule has 0 bridgehead atoms. The van der Waals surface area contributed by atoms with Crippen LogP contribution in [-0.4, -0.2) is 46.5 Å². The molecule has 0 heterocycles. The van der Waals surface area contributed by atoms with E-state index in [9.17, 15) is 18.3 Å². The van der Waals surface area contributed by atoms with Gasteiger partial charge in [-0.05, 0) is 34.9 Å². The van der Waals surface area contributed by atoms with Gasteiger partial charge in [0.25, 0.3) is 0 Å². The molecule has 0 saturated carbocycles. The fraction of sp³-hybridized carbons (Fsp3) is 0.200. The second-order valence-corrected chi connectivity index (χ2v) is 7.29. The van der Waals surface area contributed by atoms with E-state index in [1.54, 1.807) is 6.07 Å². The Balaban J connectivity index is 0.000000641. The van der Waals surface area contributed by atoms with Crippen LogP contribution < -0.4 is 10.1 Å². The summed E-state index contributed by atoms with van der Waals surface area (Å²) in [5.74, 6) is -3.01. The monoisotopic (exact) mass is 491 g/mol. The maximum absolute atomic E-state index is 12.7. The third kappa shape index (κ3) is 9.86. The van der Waals surface area contributed by atoms with Gasteiger partial charge in [0, 0.05) is 13.1 Å². The summed E-state index contributed by atoms with van der Waals surface area (Å²) in [6, 6.07) is 22.7. The standard InChI is InChI=1S/C23H22F3NO2.C2H2O4/c24-23(25,26)20-8-4-5-17(13-20)14-27-15-21(28)16-29-22-11-9-19(10-12-22)18-6-2-1-3-7-18;3-1(4)2(5)6/h1-13,21,27-28H,14-16H2;(H,3,4)(H,5,6).